The molecule has 0 aromatic heterocycles. The first-order valence-corrected chi connectivity index (χ1v) is 4.37. The summed E-state index contributed by atoms with van der Waals surface area (Å²) in [6, 6.07) is 7.00. The molecule has 1 aromatic carbocycles. The van der Waals surface area contributed by atoms with E-state index in [1.807, 2.05) is 18.0 Å². The molecule has 4 nitrogen and oxygen atoms in total. The van der Waals surface area contributed by atoms with E-state index in [-0.39, 0.29) is 6.61 Å². The normalized spacial score (nSPS) is 9.86. The maximum Gasteiger partial charge on any atom is 0.248 e. The van der Waals surface area contributed by atoms with Crippen molar-refractivity contribution in [3.63, 3.8) is 0 Å². The minimum Gasteiger partial charge on any atom is -0.395 e. The molecule has 0 saturated heterocycles. The number of hydrogen-bond acceptors (Lipinski definition) is 3. The van der Waals surface area contributed by atoms with Gasteiger partial charge in [0.05, 0.1) is 6.61 Å². The standard InChI is InChI=1S/C10H14N2O2/c1-12(5-6-13)9-4-2-3-8(7-9)10(11)14/h2-4,7,13H,5-6H2,1H3,(H2,11,14). The number of amides is 1. The highest BCUT2D eigenvalue weighted by molar-refractivity contribution is 5.93. The highest BCUT2D eigenvalue weighted by atomic mass is 16.3. The van der Waals surface area contributed by atoms with Crippen molar-refractivity contribution in [2.75, 3.05) is 25.1 Å². The Kier molecular flexibility index (Phi) is 3.48. The lowest BCUT2D eigenvalue weighted by Gasteiger charge is -2.18. The molecule has 0 aliphatic rings. The number of nitrogens with zero attached hydrogens (tertiary/aromatic N) is 1. The van der Waals surface area contributed by atoms with Gasteiger partial charge in [-0.05, 0) is 18.2 Å². The fourth-order valence-corrected chi connectivity index (χ4v) is 1.18. The molecule has 0 unspecified atom stereocenters. The van der Waals surface area contributed by atoms with Crippen LogP contribution in [0.5, 0.6) is 0 Å². The third-order valence-corrected chi connectivity index (χ3v) is 2.01. The SMILES string of the molecule is CN(CCO)c1cccc(C(N)=O)c1. The molecule has 4 heteroatoms. The molecule has 0 fully saturated rings. The van der Waals surface area contributed by atoms with E-state index in [1.54, 1.807) is 18.2 Å². The van der Waals surface area contributed by atoms with Crippen molar-refractivity contribution in [1.82, 2.24) is 0 Å². The Hall–Kier alpha value is -1.55. The van der Waals surface area contributed by atoms with Gasteiger partial charge in [-0.2, -0.15) is 0 Å². The first-order valence-electron chi connectivity index (χ1n) is 4.37. The number of aliphatic hydroxyl groups is 1. The Morgan fingerprint density at radius 2 is 2.29 bits per heavy atom. The Morgan fingerprint density at radius 1 is 1.57 bits per heavy atom. The summed E-state index contributed by atoms with van der Waals surface area (Å²) < 4.78 is 0. The topological polar surface area (TPSA) is 66.6 Å². The fraction of sp³-hybridized carbons (Fsp3) is 0.300. The van der Waals surface area contributed by atoms with Crippen molar-refractivity contribution < 1.29 is 9.90 Å². The summed E-state index contributed by atoms with van der Waals surface area (Å²) in [7, 11) is 1.84. The van der Waals surface area contributed by atoms with Gasteiger partial charge in [0.15, 0.2) is 0 Å². The van der Waals surface area contributed by atoms with E-state index >= 15 is 0 Å². The van der Waals surface area contributed by atoms with Gasteiger partial charge in [-0.1, -0.05) is 6.07 Å². The number of anilines is 1. The third-order valence-electron chi connectivity index (χ3n) is 2.01. The van der Waals surface area contributed by atoms with Crippen LogP contribution in [0, 0.1) is 0 Å². The quantitative estimate of drug-likeness (QED) is 0.720. The van der Waals surface area contributed by atoms with Crippen LogP contribution in [-0.2, 0) is 0 Å². The van der Waals surface area contributed by atoms with Gasteiger partial charge in [0.25, 0.3) is 0 Å². The van der Waals surface area contributed by atoms with Gasteiger partial charge >= 0.3 is 0 Å². The molecule has 0 atom stereocenters. The lowest BCUT2D eigenvalue weighted by molar-refractivity contribution is 0.100. The Bertz CT molecular complexity index is 326. The molecule has 0 heterocycles. The highest BCUT2D eigenvalue weighted by Crippen LogP contribution is 2.13. The zero-order valence-corrected chi connectivity index (χ0v) is 8.10. The molecule has 14 heavy (non-hydrogen) atoms. The predicted molar refractivity (Wildman–Crippen MR) is 55.3 cm³/mol. The van der Waals surface area contributed by atoms with Crippen LogP contribution in [0.2, 0.25) is 0 Å². The van der Waals surface area contributed by atoms with Crippen molar-refractivity contribution in [3.8, 4) is 0 Å². The second-order valence-corrected chi connectivity index (χ2v) is 3.06. The van der Waals surface area contributed by atoms with E-state index < -0.39 is 5.91 Å². The molecular formula is C10H14N2O2. The summed E-state index contributed by atoms with van der Waals surface area (Å²) in [4.78, 5) is 12.7. The molecule has 0 radical (unpaired) electrons. The van der Waals surface area contributed by atoms with Crippen molar-refractivity contribution in [2.45, 2.75) is 0 Å². The van der Waals surface area contributed by atoms with Gasteiger partial charge in [-0.25, -0.2) is 0 Å². The zero-order chi connectivity index (χ0) is 10.6. The molecule has 0 aliphatic carbocycles. The largest absolute Gasteiger partial charge is 0.395 e. The van der Waals surface area contributed by atoms with E-state index in [1.165, 1.54) is 0 Å². The van der Waals surface area contributed by atoms with Crippen LogP contribution in [-0.4, -0.2) is 31.2 Å². The number of carbonyl (C=O) groups excluding carboxylic acids is 1. The lowest BCUT2D eigenvalue weighted by Crippen LogP contribution is -2.21. The van der Waals surface area contributed by atoms with Crippen LogP contribution in [0.1, 0.15) is 10.4 Å². The molecular weight excluding hydrogens is 180 g/mol. The smallest absolute Gasteiger partial charge is 0.248 e. The Labute approximate surface area is 82.9 Å². The number of primary amides is 1. The molecule has 1 rings (SSSR count). The fourth-order valence-electron chi connectivity index (χ4n) is 1.18. The van der Waals surface area contributed by atoms with E-state index in [0.717, 1.165) is 5.69 Å². The number of nitrogens with two attached hydrogens (primary N) is 1. The summed E-state index contributed by atoms with van der Waals surface area (Å²) in [6.45, 7) is 0.611. The molecule has 1 amide bonds. The zero-order valence-electron chi connectivity index (χ0n) is 8.10. The predicted octanol–water partition coefficient (Wildman–Crippen LogP) is 0.214. The summed E-state index contributed by atoms with van der Waals surface area (Å²) in [6.07, 6.45) is 0. The Balaban J connectivity index is 2.87. The monoisotopic (exact) mass is 194 g/mol. The first-order chi connectivity index (χ1) is 6.65. The minimum atomic E-state index is -0.441. The number of carbonyl (C=O) groups is 1. The van der Waals surface area contributed by atoms with E-state index in [4.69, 9.17) is 10.8 Å². The molecule has 1 aromatic rings. The first kappa shape index (κ1) is 10.5. The molecule has 0 saturated carbocycles. The third kappa shape index (κ3) is 2.47. The van der Waals surface area contributed by atoms with Crippen molar-refractivity contribution in [3.05, 3.63) is 29.8 Å². The lowest BCUT2D eigenvalue weighted by atomic mass is 10.2. The molecule has 76 valence electrons. The van der Waals surface area contributed by atoms with Gasteiger partial charge in [0.1, 0.15) is 0 Å². The van der Waals surface area contributed by atoms with Crippen LogP contribution < -0.4 is 10.6 Å². The second-order valence-electron chi connectivity index (χ2n) is 3.06. The van der Waals surface area contributed by atoms with Gasteiger partial charge in [-0.15, -0.1) is 0 Å². The van der Waals surface area contributed by atoms with Crippen LogP contribution in [0.15, 0.2) is 24.3 Å². The number of benzene rings is 1. The van der Waals surface area contributed by atoms with E-state index in [9.17, 15) is 4.79 Å². The highest BCUT2D eigenvalue weighted by Gasteiger charge is 2.03. The number of aliphatic hydroxyl groups excluding tert-OH is 1. The van der Waals surface area contributed by atoms with Gasteiger partial charge < -0.3 is 15.7 Å². The average molecular weight is 194 g/mol. The summed E-state index contributed by atoms with van der Waals surface area (Å²) in [5.41, 5.74) is 6.50. The summed E-state index contributed by atoms with van der Waals surface area (Å²) >= 11 is 0. The van der Waals surface area contributed by atoms with Gasteiger partial charge in [0.2, 0.25) is 5.91 Å². The minimum absolute atomic E-state index is 0.0807. The summed E-state index contributed by atoms with van der Waals surface area (Å²) in [5.74, 6) is -0.441. The van der Waals surface area contributed by atoms with Crippen LogP contribution in [0.4, 0.5) is 5.69 Å². The van der Waals surface area contributed by atoms with Gasteiger partial charge in [-0.3, -0.25) is 4.79 Å². The van der Waals surface area contributed by atoms with Gasteiger partial charge in [0, 0.05) is 24.8 Å². The van der Waals surface area contributed by atoms with Crippen LogP contribution >= 0.6 is 0 Å². The maximum atomic E-state index is 10.9. The van der Waals surface area contributed by atoms with Crippen molar-refractivity contribution in [2.24, 2.45) is 5.73 Å². The van der Waals surface area contributed by atoms with Crippen LogP contribution in [0.3, 0.4) is 0 Å². The number of rotatable bonds is 4. The van der Waals surface area contributed by atoms with Crippen molar-refractivity contribution >= 4 is 11.6 Å². The maximum absolute atomic E-state index is 10.9. The van der Waals surface area contributed by atoms with Crippen LogP contribution in [0.25, 0.3) is 0 Å². The average Bonchev–Trinajstić information content (AvgIpc) is 2.18. The molecule has 0 spiro atoms. The Morgan fingerprint density at radius 3 is 2.86 bits per heavy atom. The number of hydrogen-bond donors (Lipinski definition) is 2. The molecule has 3 N–H and O–H groups in total. The van der Waals surface area contributed by atoms with E-state index in [0.29, 0.717) is 12.1 Å². The van der Waals surface area contributed by atoms with E-state index in [2.05, 4.69) is 0 Å². The van der Waals surface area contributed by atoms with Crippen molar-refractivity contribution in [1.29, 1.82) is 0 Å². The molecule has 0 aliphatic heterocycles. The summed E-state index contributed by atoms with van der Waals surface area (Å²) in [5, 5.41) is 8.74. The molecule has 0 bridgehead atoms. The second kappa shape index (κ2) is 4.62. The number of likely N-dealkylation sites (N-methyl/N-ethyl adjacent to an activating group) is 1.